The first-order valence-electron chi connectivity index (χ1n) is 3.52. The monoisotopic (exact) mass is 344 g/mol. The van der Waals surface area contributed by atoms with Crippen molar-refractivity contribution in [1.82, 2.24) is 0 Å². The Bertz CT molecular complexity index is 245. The van der Waals surface area contributed by atoms with Gasteiger partial charge in [0.2, 0.25) is 0 Å². The first-order chi connectivity index (χ1) is 5.25. The zero-order valence-corrected chi connectivity index (χ0v) is 10.3. The van der Waals surface area contributed by atoms with Gasteiger partial charge < -0.3 is 0 Å². The van der Waals surface area contributed by atoms with Gasteiger partial charge in [-0.3, -0.25) is 0 Å². The van der Waals surface area contributed by atoms with Crippen LogP contribution >= 0.6 is 0 Å². The average molecular weight is 344 g/mol. The Labute approximate surface area is 82.6 Å². The average Bonchev–Trinajstić information content (AvgIpc) is 1.99. The minimum atomic E-state index is 0.734. The Morgan fingerprint density at radius 1 is 1.45 bits per heavy atom. The molecule has 0 N–H and O–H groups in total. The molecular weight excluding hydrogens is 333 g/mol. The molecule has 0 amide bonds. The van der Waals surface area contributed by atoms with E-state index < -0.39 is 0 Å². The van der Waals surface area contributed by atoms with Crippen LogP contribution in [0.4, 0.5) is 0 Å². The summed E-state index contributed by atoms with van der Waals surface area (Å²) in [5.74, 6) is 0. The van der Waals surface area contributed by atoms with E-state index in [1.165, 1.54) is 39.1 Å². The topological polar surface area (TPSA) is 9.23 Å². The molecule has 1 aromatic rings. The van der Waals surface area contributed by atoms with E-state index in [4.69, 9.17) is 4.74 Å². The number of hydrogen-bond donors (Lipinski definition) is 0. The van der Waals surface area contributed by atoms with Crippen molar-refractivity contribution in [3.63, 3.8) is 0 Å². The molecule has 0 fully saturated rings. The third kappa shape index (κ3) is 2.25. The molecule has 1 rings (SSSR count). The summed E-state index contributed by atoms with van der Waals surface area (Å²) in [6.07, 6.45) is 0. The number of rotatable bonds is 2. The van der Waals surface area contributed by atoms with Crippen molar-refractivity contribution >= 4 is 28.0 Å². The van der Waals surface area contributed by atoms with Crippen molar-refractivity contribution in [3.8, 4) is 0 Å². The van der Waals surface area contributed by atoms with Crippen molar-refractivity contribution in [1.29, 1.82) is 0 Å². The number of ether oxygens (including phenoxy) is 1. The van der Waals surface area contributed by atoms with E-state index in [2.05, 4.69) is 25.1 Å². The Kier molecular flexibility index (Phi) is 3.48. The fraction of sp³-hybridized carbons (Fsp3) is 0.333. The molecule has 0 saturated carbocycles. The summed E-state index contributed by atoms with van der Waals surface area (Å²) in [6.45, 7) is 2.89. The first kappa shape index (κ1) is 9.15. The van der Waals surface area contributed by atoms with E-state index in [0.29, 0.717) is 0 Å². The minimum absolute atomic E-state index is 0.734. The maximum absolute atomic E-state index is 5.08. The van der Waals surface area contributed by atoms with E-state index in [0.717, 1.165) is 6.61 Å². The van der Waals surface area contributed by atoms with Gasteiger partial charge in [0.25, 0.3) is 0 Å². The van der Waals surface area contributed by atoms with Gasteiger partial charge >= 0.3 is 82.7 Å². The molecule has 2 radical (unpaired) electrons. The first-order valence-corrected chi connectivity index (χ1v) is 5.26. The molecule has 0 aliphatic carbocycles. The molecular formula is C9H11BiO. The number of hydrogen-bond acceptors (Lipinski definition) is 1. The van der Waals surface area contributed by atoms with Gasteiger partial charge in [-0.2, -0.15) is 0 Å². The van der Waals surface area contributed by atoms with Gasteiger partial charge in [-0.25, -0.2) is 0 Å². The van der Waals surface area contributed by atoms with Gasteiger partial charge in [0.15, 0.2) is 0 Å². The van der Waals surface area contributed by atoms with Gasteiger partial charge in [0.05, 0.1) is 0 Å². The van der Waals surface area contributed by atoms with Crippen LogP contribution in [-0.4, -0.2) is 31.8 Å². The predicted octanol–water partition coefficient (Wildman–Crippen LogP) is 0.935. The summed E-state index contributed by atoms with van der Waals surface area (Å²) >= 11 is 1.32. The van der Waals surface area contributed by atoms with Gasteiger partial charge in [0, 0.05) is 0 Å². The second-order valence-corrected chi connectivity index (χ2v) is 4.37. The Balaban J connectivity index is 2.96. The third-order valence-electron chi connectivity index (χ3n) is 1.72. The van der Waals surface area contributed by atoms with Crippen molar-refractivity contribution < 1.29 is 4.74 Å². The fourth-order valence-electron chi connectivity index (χ4n) is 0.982. The Morgan fingerprint density at radius 2 is 2.18 bits per heavy atom. The standard InChI is InChI=1S/C9H11O.Bi/c1-8-5-3-4-6-9(8)7-10-2;/h3-4,6H,7H2,1-2H3;. The number of methoxy groups -OCH3 is 1. The van der Waals surface area contributed by atoms with Crippen LogP contribution in [0.3, 0.4) is 0 Å². The predicted molar refractivity (Wildman–Crippen MR) is 47.3 cm³/mol. The van der Waals surface area contributed by atoms with Gasteiger partial charge in [-0.1, -0.05) is 0 Å². The van der Waals surface area contributed by atoms with Crippen LogP contribution in [0.15, 0.2) is 18.2 Å². The van der Waals surface area contributed by atoms with E-state index in [1.807, 2.05) is 0 Å². The second-order valence-electron chi connectivity index (χ2n) is 2.49. The summed E-state index contributed by atoms with van der Waals surface area (Å²) in [5, 5.41) is 0. The quantitative estimate of drug-likeness (QED) is 0.726. The van der Waals surface area contributed by atoms with Crippen molar-refractivity contribution in [2.45, 2.75) is 13.5 Å². The second kappa shape index (κ2) is 4.18. The van der Waals surface area contributed by atoms with E-state index >= 15 is 0 Å². The summed E-state index contributed by atoms with van der Waals surface area (Å²) in [4.78, 5) is 0. The van der Waals surface area contributed by atoms with Crippen LogP contribution in [-0.2, 0) is 11.3 Å². The van der Waals surface area contributed by atoms with Crippen LogP contribution in [0.1, 0.15) is 11.1 Å². The molecule has 0 heterocycles. The molecule has 0 aliphatic heterocycles. The van der Waals surface area contributed by atoms with Gasteiger partial charge in [-0.05, 0) is 0 Å². The summed E-state index contributed by atoms with van der Waals surface area (Å²) in [7, 11) is 1.73. The summed E-state index contributed by atoms with van der Waals surface area (Å²) < 4.78 is 6.52. The Hall–Kier alpha value is 0.0631. The molecule has 0 aromatic heterocycles. The summed E-state index contributed by atoms with van der Waals surface area (Å²) in [5.41, 5.74) is 2.70. The van der Waals surface area contributed by atoms with Gasteiger partial charge in [-0.15, -0.1) is 0 Å². The maximum atomic E-state index is 5.08. The Morgan fingerprint density at radius 3 is 2.82 bits per heavy atom. The number of benzene rings is 1. The van der Waals surface area contributed by atoms with E-state index in [-0.39, 0.29) is 0 Å². The van der Waals surface area contributed by atoms with Crippen molar-refractivity contribution in [2.75, 3.05) is 7.11 Å². The summed E-state index contributed by atoms with van der Waals surface area (Å²) in [6, 6.07) is 6.38. The molecule has 0 bridgehead atoms. The SMILES string of the molecule is COCc1ccc[c]([Bi])c1C. The zero-order valence-electron chi connectivity index (χ0n) is 6.79. The fourth-order valence-corrected chi connectivity index (χ4v) is 1.87. The molecule has 0 aliphatic rings. The van der Waals surface area contributed by atoms with Crippen LogP contribution in [0, 0.1) is 6.92 Å². The van der Waals surface area contributed by atoms with Crippen LogP contribution < -0.4 is 3.27 Å². The molecule has 11 heavy (non-hydrogen) atoms. The van der Waals surface area contributed by atoms with Crippen molar-refractivity contribution in [3.05, 3.63) is 29.3 Å². The van der Waals surface area contributed by atoms with Gasteiger partial charge in [0.1, 0.15) is 0 Å². The third-order valence-corrected chi connectivity index (χ3v) is 3.60. The van der Waals surface area contributed by atoms with E-state index in [9.17, 15) is 0 Å². The zero-order chi connectivity index (χ0) is 8.27. The van der Waals surface area contributed by atoms with Crippen molar-refractivity contribution in [2.24, 2.45) is 0 Å². The molecule has 1 nitrogen and oxygen atoms in total. The van der Waals surface area contributed by atoms with Crippen LogP contribution in [0.25, 0.3) is 0 Å². The van der Waals surface area contributed by atoms with Crippen LogP contribution in [0.2, 0.25) is 0 Å². The molecule has 58 valence electrons. The molecule has 0 atom stereocenters. The van der Waals surface area contributed by atoms with Crippen LogP contribution in [0.5, 0.6) is 0 Å². The molecule has 0 unspecified atom stereocenters. The normalized spacial score (nSPS) is 10.1. The molecule has 1 aromatic carbocycles. The molecule has 0 saturated heterocycles. The van der Waals surface area contributed by atoms with E-state index in [1.54, 1.807) is 7.11 Å². The molecule has 2 heteroatoms. The molecule has 0 spiro atoms.